The quantitative estimate of drug-likeness (QED) is 0.0483. The lowest BCUT2D eigenvalue weighted by Gasteiger charge is -2.20. The summed E-state index contributed by atoms with van der Waals surface area (Å²) in [6, 6.07) is 0. The van der Waals surface area contributed by atoms with Gasteiger partial charge in [-0.25, -0.2) is 0 Å². The molecule has 0 aliphatic carbocycles. The molecule has 0 heterocycles. The second kappa shape index (κ2) is 17.0. The summed E-state index contributed by atoms with van der Waals surface area (Å²) in [7, 11) is 0. The summed E-state index contributed by atoms with van der Waals surface area (Å²) >= 11 is 5.61. The second-order valence-electron chi connectivity index (χ2n) is 7.45. The third-order valence-corrected chi connectivity index (χ3v) is 7.85. The number of hydrogen-bond donors (Lipinski definition) is 9. The molecule has 1 aromatic rings. The van der Waals surface area contributed by atoms with Crippen LogP contribution in [0.15, 0.2) is 12.7 Å². The fraction of sp³-hybridized carbons (Fsp3) is 0.476. The fourth-order valence-electron chi connectivity index (χ4n) is 2.68. The van der Waals surface area contributed by atoms with Gasteiger partial charge in [0.1, 0.15) is 6.23 Å². The molecule has 12 nitrogen and oxygen atoms in total. The zero-order chi connectivity index (χ0) is 27.4. The molecule has 0 radical (unpaired) electrons. The molecule has 0 aromatic heterocycles. The number of nitrogens with one attached hydrogen (secondary N) is 4. The van der Waals surface area contributed by atoms with E-state index in [0.29, 0.717) is 20.1 Å². The van der Waals surface area contributed by atoms with Crippen LogP contribution in [0.1, 0.15) is 33.6 Å². The molecule has 0 saturated carbocycles. The van der Waals surface area contributed by atoms with Crippen molar-refractivity contribution in [1.29, 1.82) is 0 Å². The Morgan fingerprint density at radius 3 is 1.75 bits per heavy atom. The van der Waals surface area contributed by atoms with Crippen LogP contribution in [0, 0.1) is 10.7 Å². The molecule has 0 fully saturated rings. The summed E-state index contributed by atoms with van der Waals surface area (Å²) in [6.07, 6.45) is -1.45. The number of carbonyl (C=O) groups excluding carboxylic acids is 3. The highest BCUT2D eigenvalue weighted by molar-refractivity contribution is 14.1. The zero-order valence-corrected chi connectivity index (χ0v) is 25.5. The largest absolute Gasteiger partial charge is 0.394 e. The van der Waals surface area contributed by atoms with E-state index in [1.54, 1.807) is 0 Å². The first-order chi connectivity index (χ1) is 17.0. The molecule has 0 aliphatic heterocycles. The molecule has 0 aliphatic rings. The predicted molar refractivity (Wildman–Crippen MR) is 158 cm³/mol. The van der Waals surface area contributed by atoms with Crippen LogP contribution in [-0.4, -0.2) is 94.5 Å². The second-order valence-corrected chi connectivity index (χ2v) is 10.7. The van der Waals surface area contributed by atoms with Gasteiger partial charge in [-0.15, -0.1) is 0 Å². The van der Waals surface area contributed by atoms with Crippen LogP contribution >= 0.6 is 67.8 Å². The third-order valence-electron chi connectivity index (χ3n) is 4.61. The van der Waals surface area contributed by atoms with Gasteiger partial charge in [0, 0.05) is 23.1 Å². The van der Waals surface area contributed by atoms with Gasteiger partial charge in [-0.2, -0.15) is 0 Å². The standard InChI is InChI=1S/C21H29I3N4O8/c1-2-12(33)25-5-3-4-13(34)28-19-17(23)14(20(35)26-6-10(31)8-29)16(22)15(18(19)24)21(36)27-7-11(32)9-30/h2,10-12,25,29-33H,1,3-9H2,(H,26,35)(H,27,36)(H,28,34). The smallest absolute Gasteiger partial charge is 0.253 e. The van der Waals surface area contributed by atoms with Crippen molar-refractivity contribution in [2.75, 3.05) is 38.2 Å². The lowest BCUT2D eigenvalue weighted by molar-refractivity contribution is -0.116. The summed E-state index contributed by atoms with van der Waals surface area (Å²) in [5.74, 6) is -1.64. The molecule has 0 spiro atoms. The summed E-state index contributed by atoms with van der Waals surface area (Å²) in [4.78, 5) is 38.6. The van der Waals surface area contributed by atoms with Crippen molar-refractivity contribution >= 4 is 91.2 Å². The Kier molecular flexibility index (Phi) is 15.8. The highest BCUT2D eigenvalue weighted by Crippen LogP contribution is 2.36. The average molecular weight is 846 g/mol. The Balaban J connectivity index is 3.31. The number of anilines is 1. The van der Waals surface area contributed by atoms with Gasteiger partial charge >= 0.3 is 0 Å². The molecule has 9 N–H and O–H groups in total. The maximum Gasteiger partial charge on any atom is 0.253 e. The average Bonchev–Trinajstić information content (AvgIpc) is 2.85. The first-order valence-corrected chi connectivity index (χ1v) is 13.9. The molecule has 3 atom stereocenters. The number of amides is 3. The van der Waals surface area contributed by atoms with Crippen molar-refractivity contribution in [3.63, 3.8) is 0 Å². The molecule has 1 aromatic carbocycles. The Morgan fingerprint density at radius 2 is 1.33 bits per heavy atom. The fourth-order valence-corrected chi connectivity index (χ4v) is 7.10. The van der Waals surface area contributed by atoms with E-state index in [-0.39, 0.29) is 45.8 Å². The van der Waals surface area contributed by atoms with Crippen molar-refractivity contribution in [3.05, 3.63) is 34.5 Å². The molecule has 3 amide bonds. The molecule has 3 unspecified atom stereocenters. The van der Waals surface area contributed by atoms with Crippen LogP contribution in [0.3, 0.4) is 0 Å². The highest BCUT2D eigenvalue weighted by Gasteiger charge is 2.29. The monoisotopic (exact) mass is 846 g/mol. The highest BCUT2D eigenvalue weighted by atomic mass is 127. The van der Waals surface area contributed by atoms with Gasteiger partial charge in [0.05, 0.1) is 49.4 Å². The Labute approximate surface area is 249 Å². The van der Waals surface area contributed by atoms with E-state index in [1.165, 1.54) is 6.08 Å². The van der Waals surface area contributed by atoms with Crippen LogP contribution in [0.5, 0.6) is 0 Å². The third kappa shape index (κ3) is 10.2. The summed E-state index contributed by atoms with van der Waals surface area (Å²) < 4.78 is 0.991. The van der Waals surface area contributed by atoms with Crippen molar-refractivity contribution < 1.29 is 39.9 Å². The van der Waals surface area contributed by atoms with Gasteiger partial charge in [-0.3, -0.25) is 19.7 Å². The van der Waals surface area contributed by atoms with E-state index >= 15 is 0 Å². The van der Waals surface area contributed by atoms with Crippen LogP contribution < -0.4 is 21.3 Å². The molecule has 1 rings (SSSR count). The van der Waals surface area contributed by atoms with Crippen LogP contribution in [-0.2, 0) is 4.79 Å². The van der Waals surface area contributed by atoms with E-state index in [2.05, 4.69) is 27.8 Å². The van der Waals surface area contributed by atoms with Gasteiger partial charge in [0.2, 0.25) is 5.91 Å². The number of aliphatic hydroxyl groups excluding tert-OH is 5. The summed E-state index contributed by atoms with van der Waals surface area (Å²) in [5.41, 5.74) is 0.405. The molecular formula is C21H29I3N4O8. The Hall–Kier alpha value is -0.680. The van der Waals surface area contributed by atoms with Gasteiger partial charge in [0.15, 0.2) is 0 Å². The lowest BCUT2D eigenvalue weighted by atomic mass is 10.1. The normalized spacial score (nSPS) is 13.4. The zero-order valence-electron chi connectivity index (χ0n) is 19.1. The lowest BCUT2D eigenvalue weighted by Crippen LogP contribution is -2.37. The van der Waals surface area contributed by atoms with E-state index in [0.717, 1.165) is 0 Å². The number of benzene rings is 1. The van der Waals surface area contributed by atoms with E-state index in [4.69, 9.17) is 10.2 Å². The first kappa shape index (κ1) is 33.3. The number of aliphatic hydroxyl groups is 5. The van der Waals surface area contributed by atoms with Crippen molar-refractivity contribution in [1.82, 2.24) is 16.0 Å². The number of halogens is 3. The SMILES string of the molecule is C=CC(O)NCCCC(=O)Nc1c(I)c(C(=O)NCC(O)CO)c(I)c(C(=O)NCC(O)CO)c1I. The summed E-state index contributed by atoms with van der Waals surface area (Å²) in [5, 5.41) is 57.1. The predicted octanol–water partition coefficient (Wildman–Crippen LogP) is -0.521. The van der Waals surface area contributed by atoms with Crippen LogP contribution in [0.4, 0.5) is 5.69 Å². The van der Waals surface area contributed by atoms with Gasteiger partial charge in [0.25, 0.3) is 11.8 Å². The maximum absolute atomic E-state index is 13.0. The molecule has 36 heavy (non-hydrogen) atoms. The Bertz CT molecular complexity index is 897. The molecule has 0 saturated heterocycles. The topological polar surface area (TPSA) is 200 Å². The van der Waals surface area contributed by atoms with Crippen molar-refractivity contribution in [3.8, 4) is 0 Å². The number of rotatable bonds is 15. The minimum atomic E-state index is -1.18. The van der Waals surface area contributed by atoms with Gasteiger partial charge < -0.3 is 41.5 Å². The van der Waals surface area contributed by atoms with Crippen LogP contribution in [0.25, 0.3) is 0 Å². The van der Waals surface area contributed by atoms with Crippen molar-refractivity contribution in [2.24, 2.45) is 0 Å². The maximum atomic E-state index is 13.0. The van der Waals surface area contributed by atoms with E-state index < -0.39 is 43.5 Å². The Morgan fingerprint density at radius 1 is 0.861 bits per heavy atom. The molecular weight excluding hydrogens is 817 g/mol. The van der Waals surface area contributed by atoms with Crippen LogP contribution in [0.2, 0.25) is 0 Å². The summed E-state index contributed by atoms with van der Waals surface area (Å²) in [6.45, 7) is 2.22. The molecule has 0 bridgehead atoms. The van der Waals surface area contributed by atoms with E-state index in [9.17, 15) is 29.7 Å². The molecule has 15 heteroatoms. The molecule has 202 valence electrons. The van der Waals surface area contributed by atoms with Crippen molar-refractivity contribution in [2.45, 2.75) is 31.3 Å². The first-order valence-electron chi connectivity index (χ1n) is 10.7. The minimum absolute atomic E-state index is 0.0840. The number of carbonyl (C=O) groups is 3. The van der Waals surface area contributed by atoms with Gasteiger partial charge in [-0.1, -0.05) is 6.58 Å². The number of hydrogen-bond acceptors (Lipinski definition) is 9. The van der Waals surface area contributed by atoms with E-state index in [1.807, 2.05) is 67.8 Å². The minimum Gasteiger partial charge on any atom is -0.394 e. The van der Waals surface area contributed by atoms with Gasteiger partial charge in [-0.05, 0) is 86.8 Å².